The summed E-state index contributed by atoms with van der Waals surface area (Å²) in [4.78, 5) is 14.5. The van der Waals surface area contributed by atoms with Gasteiger partial charge in [-0.2, -0.15) is 0 Å². The number of hydrogen-bond donors (Lipinski definition) is 1. The Kier molecular flexibility index (Phi) is 4.74. The first-order chi connectivity index (χ1) is 14.5. The van der Waals surface area contributed by atoms with Gasteiger partial charge < -0.3 is 14.2 Å². The van der Waals surface area contributed by atoms with Crippen LogP contribution in [0.4, 0.5) is 10.7 Å². The number of fused-ring (bicyclic) bond motifs is 1. The highest BCUT2D eigenvalue weighted by atomic mass is 16.5. The number of aromatic nitrogens is 1. The summed E-state index contributed by atoms with van der Waals surface area (Å²) in [6.45, 7) is 5.88. The molecule has 1 atom stereocenters. The molecule has 1 aromatic heterocycles. The molecule has 2 aliphatic rings. The predicted octanol–water partition coefficient (Wildman–Crippen LogP) is 5.02. The first kappa shape index (κ1) is 19.1. The lowest BCUT2D eigenvalue weighted by Crippen LogP contribution is -2.47. The lowest BCUT2D eigenvalue weighted by Gasteiger charge is -2.38. The van der Waals surface area contributed by atoms with E-state index in [0.717, 1.165) is 37.1 Å². The van der Waals surface area contributed by atoms with E-state index < -0.39 is 0 Å². The summed E-state index contributed by atoms with van der Waals surface area (Å²) in [5, 5.41) is 9.30. The van der Waals surface area contributed by atoms with E-state index >= 15 is 0 Å². The van der Waals surface area contributed by atoms with E-state index in [-0.39, 0.29) is 11.6 Å². The number of likely N-dealkylation sites (tertiary alicyclic amines) is 1. The Hall–Kier alpha value is -2.86. The standard InChI is InChI=1S/C24H27N3O3/c1-16-17(2)26-30-22(16)25-23(28)27-11-9-24(10-12-27)14-21(15-29-24)20-8-7-18-5-3-4-6-19(18)13-20/h3-8,13,21H,9-12,14-15H2,1-2H3,(H,25,28). The second-order valence-electron chi connectivity index (χ2n) is 8.64. The zero-order valence-corrected chi connectivity index (χ0v) is 17.5. The number of carbonyl (C=O) groups is 1. The van der Waals surface area contributed by atoms with E-state index in [1.54, 1.807) is 0 Å². The highest BCUT2D eigenvalue weighted by Crippen LogP contribution is 2.43. The second-order valence-corrected chi connectivity index (χ2v) is 8.64. The Bertz CT molecular complexity index is 1080. The third-order valence-corrected chi connectivity index (χ3v) is 6.79. The van der Waals surface area contributed by atoms with Gasteiger partial charge in [0.25, 0.3) is 0 Å². The van der Waals surface area contributed by atoms with Crippen molar-refractivity contribution >= 4 is 22.7 Å². The number of nitrogens with zero attached hydrogens (tertiary/aromatic N) is 2. The molecule has 5 rings (SSSR count). The van der Waals surface area contributed by atoms with Crippen LogP contribution in [0, 0.1) is 13.8 Å². The topological polar surface area (TPSA) is 67.6 Å². The third kappa shape index (κ3) is 3.45. The molecule has 2 saturated heterocycles. The molecular formula is C24H27N3O3. The fraction of sp³-hybridized carbons (Fsp3) is 0.417. The molecule has 6 heteroatoms. The molecule has 6 nitrogen and oxygen atoms in total. The van der Waals surface area contributed by atoms with Gasteiger partial charge in [-0.1, -0.05) is 47.6 Å². The monoisotopic (exact) mass is 405 g/mol. The summed E-state index contributed by atoms with van der Waals surface area (Å²) >= 11 is 0. The fourth-order valence-electron chi connectivity index (χ4n) is 4.69. The molecule has 3 aromatic rings. The molecule has 0 bridgehead atoms. The molecular weight excluding hydrogens is 378 g/mol. The lowest BCUT2D eigenvalue weighted by molar-refractivity contribution is -0.0355. The van der Waals surface area contributed by atoms with Crippen molar-refractivity contribution < 1.29 is 14.1 Å². The van der Waals surface area contributed by atoms with Crippen molar-refractivity contribution in [3.8, 4) is 0 Å². The maximum Gasteiger partial charge on any atom is 0.324 e. The van der Waals surface area contributed by atoms with Gasteiger partial charge in [0.2, 0.25) is 5.88 Å². The molecule has 0 radical (unpaired) electrons. The van der Waals surface area contributed by atoms with Crippen molar-refractivity contribution in [2.24, 2.45) is 0 Å². The van der Waals surface area contributed by atoms with E-state index in [4.69, 9.17) is 9.26 Å². The van der Waals surface area contributed by atoms with Gasteiger partial charge in [0.15, 0.2) is 0 Å². The van der Waals surface area contributed by atoms with Crippen molar-refractivity contribution in [3.05, 3.63) is 59.3 Å². The van der Waals surface area contributed by atoms with E-state index in [2.05, 4.69) is 52.9 Å². The van der Waals surface area contributed by atoms with Crippen LogP contribution in [0.3, 0.4) is 0 Å². The zero-order valence-electron chi connectivity index (χ0n) is 17.5. The van der Waals surface area contributed by atoms with Crippen LogP contribution in [-0.2, 0) is 4.74 Å². The largest absolute Gasteiger partial charge is 0.374 e. The Morgan fingerprint density at radius 1 is 1.13 bits per heavy atom. The summed E-state index contributed by atoms with van der Waals surface area (Å²) in [5.74, 6) is 0.848. The van der Waals surface area contributed by atoms with Crippen LogP contribution in [0.25, 0.3) is 10.8 Å². The summed E-state index contributed by atoms with van der Waals surface area (Å²) in [6.07, 6.45) is 2.74. The number of amides is 2. The van der Waals surface area contributed by atoms with Crippen molar-refractivity contribution in [1.29, 1.82) is 0 Å². The van der Waals surface area contributed by atoms with Gasteiger partial charge >= 0.3 is 6.03 Å². The van der Waals surface area contributed by atoms with Crippen molar-refractivity contribution in [2.45, 2.75) is 44.6 Å². The SMILES string of the molecule is Cc1noc(NC(=O)N2CCC3(CC2)CC(c2ccc4ccccc4c2)CO3)c1C. The number of benzene rings is 2. The molecule has 1 N–H and O–H groups in total. The van der Waals surface area contributed by atoms with Crippen molar-refractivity contribution in [2.75, 3.05) is 25.0 Å². The van der Waals surface area contributed by atoms with Gasteiger partial charge in [0, 0.05) is 24.6 Å². The minimum Gasteiger partial charge on any atom is -0.374 e. The molecule has 1 spiro atoms. The van der Waals surface area contributed by atoms with E-state index in [1.165, 1.54) is 16.3 Å². The minimum atomic E-state index is -0.131. The first-order valence-electron chi connectivity index (χ1n) is 10.6. The first-order valence-corrected chi connectivity index (χ1v) is 10.6. The molecule has 2 aromatic carbocycles. The number of hydrogen-bond acceptors (Lipinski definition) is 4. The summed E-state index contributed by atoms with van der Waals surface area (Å²) in [5.41, 5.74) is 2.89. The molecule has 156 valence electrons. The van der Waals surface area contributed by atoms with Crippen LogP contribution in [-0.4, -0.2) is 41.4 Å². The number of piperidine rings is 1. The summed E-state index contributed by atoms with van der Waals surface area (Å²) in [7, 11) is 0. The van der Waals surface area contributed by atoms with Gasteiger partial charge in [-0.15, -0.1) is 0 Å². The van der Waals surface area contributed by atoms with E-state index in [1.807, 2.05) is 18.7 Å². The van der Waals surface area contributed by atoms with Gasteiger partial charge in [-0.3, -0.25) is 5.32 Å². The number of urea groups is 1. The van der Waals surface area contributed by atoms with Gasteiger partial charge in [-0.25, -0.2) is 4.79 Å². The number of ether oxygens (including phenoxy) is 1. The second kappa shape index (κ2) is 7.43. The number of anilines is 1. The maximum atomic E-state index is 12.6. The highest BCUT2D eigenvalue weighted by molar-refractivity contribution is 5.88. The molecule has 30 heavy (non-hydrogen) atoms. The zero-order chi connectivity index (χ0) is 20.7. The molecule has 2 amide bonds. The quantitative estimate of drug-likeness (QED) is 0.650. The third-order valence-electron chi connectivity index (χ3n) is 6.79. The Balaban J connectivity index is 1.21. The fourth-order valence-corrected chi connectivity index (χ4v) is 4.69. The Morgan fingerprint density at radius 2 is 1.90 bits per heavy atom. The number of carbonyl (C=O) groups excluding carboxylic acids is 1. The average Bonchev–Trinajstić information content (AvgIpc) is 3.32. The van der Waals surface area contributed by atoms with Crippen LogP contribution in [0.15, 0.2) is 47.0 Å². The number of rotatable bonds is 2. The van der Waals surface area contributed by atoms with Crippen LogP contribution in [0.5, 0.6) is 0 Å². The summed E-state index contributed by atoms with van der Waals surface area (Å²) < 4.78 is 11.6. The molecule has 2 aliphatic heterocycles. The molecule has 0 saturated carbocycles. The Morgan fingerprint density at radius 3 is 2.63 bits per heavy atom. The van der Waals surface area contributed by atoms with Crippen molar-refractivity contribution in [3.63, 3.8) is 0 Å². The maximum absolute atomic E-state index is 12.6. The number of nitrogens with one attached hydrogen (secondary N) is 1. The number of aryl methyl sites for hydroxylation is 1. The van der Waals surface area contributed by atoms with Crippen molar-refractivity contribution in [1.82, 2.24) is 10.1 Å². The van der Waals surface area contributed by atoms with Crippen LogP contribution >= 0.6 is 0 Å². The van der Waals surface area contributed by atoms with E-state index in [9.17, 15) is 4.79 Å². The molecule has 2 fully saturated rings. The lowest BCUT2D eigenvalue weighted by atomic mass is 9.83. The smallest absolute Gasteiger partial charge is 0.324 e. The van der Waals surface area contributed by atoms with Crippen LogP contribution in [0.1, 0.15) is 42.0 Å². The summed E-state index contributed by atoms with van der Waals surface area (Å²) in [6, 6.07) is 15.1. The van der Waals surface area contributed by atoms with Crippen LogP contribution in [0.2, 0.25) is 0 Å². The van der Waals surface area contributed by atoms with Gasteiger partial charge in [0.05, 0.1) is 17.9 Å². The predicted molar refractivity (Wildman–Crippen MR) is 116 cm³/mol. The van der Waals surface area contributed by atoms with Gasteiger partial charge in [0.1, 0.15) is 0 Å². The molecule has 0 aliphatic carbocycles. The normalized spacial score (nSPS) is 20.7. The Labute approximate surface area is 176 Å². The van der Waals surface area contributed by atoms with Crippen LogP contribution < -0.4 is 5.32 Å². The highest BCUT2D eigenvalue weighted by Gasteiger charge is 2.43. The molecule has 1 unspecified atom stereocenters. The van der Waals surface area contributed by atoms with E-state index in [0.29, 0.717) is 24.9 Å². The minimum absolute atomic E-state index is 0.119. The average molecular weight is 405 g/mol. The van der Waals surface area contributed by atoms with Gasteiger partial charge in [-0.05, 0) is 49.4 Å². The molecule has 3 heterocycles.